The number of halogens is 6. The molecule has 1 saturated heterocycles. The van der Waals surface area contributed by atoms with E-state index in [0.29, 0.717) is 21.3 Å². The quantitative estimate of drug-likeness (QED) is 0.129. The number of methoxy groups -OCH3 is 1. The highest BCUT2D eigenvalue weighted by atomic mass is 79.9. The summed E-state index contributed by atoms with van der Waals surface area (Å²) < 4.78 is 20.7. The van der Waals surface area contributed by atoms with E-state index in [1.54, 1.807) is 31.2 Å². The third kappa shape index (κ3) is 3.84. The van der Waals surface area contributed by atoms with Crippen LogP contribution >= 0.6 is 62.3 Å². The summed E-state index contributed by atoms with van der Waals surface area (Å²) in [6.45, 7) is 1.59. The van der Waals surface area contributed by atoms with Gasteiger partial charge in [0.2, 0.25) is 0 Å². The molecule has 12 heteroatoms. The summed E-state index contributed by atoms with van der Waals surface area (Å²) in [5.41, 5.74) is 0.642. The fraction of sp³-hybridized carbons (Fsp3) is 0.160. The van der Waals surface area contributed by atoms with Gasteiger partial charge in [-0.1, -0.05) is 68.4 Å². The molecule has 5 rings (SSSR count). The number of rotatable bonds is 4. The zero-order valence-electron chi connectivity index (χ0n) is 18.9. The number of carbonyl (C=O) groups is 3. The SMILES string of the molecule is COc1ccc(Br)cc1[C@@H]1[C@@H](N2C(=O)c3c(Cl)c(Cl)c(Cl)c(Cl)c3C2=O)C(=O)N1c1ccc(C)c(F)c1. The molecule has 0 saturated carbocycles. The Kier molecular flexibility index (Phi) is 6.69. The van der Waals surface area contributed by atoms with Crippen LogP contribution in [0.15, 0.2) is 40.9 Å². The van der Waals surface area contributed by atoms with Crippen LogP contribution in [-0.4, -0.2) is 35.8 Å². The average Bonchev–Trinajstić information content (AvgIpc) is 3.12. The van der Waals surface area contributed by atoms with Gasteiger partial charge in [-0.15, -0.1) is 0 Å². The van der Waals surface area contributed by atoms with Crippen molar-refractivity contribution in [2.24, 2.45) is 0 Å². The lowest BCUT2D eigenvalue weighted by Crippen LogP contribution is -2.67. The summed E-state index contributed by atoms with van der Waals surface area (Å²) in [5.74, 6) is -2.44. The molecule has 0 aliphatic carbocycles. The van der Waals surface area contributed by atoms with Gasteiger partial charge < -0.3 is 9.64 Å². The largest absolute Gasteiger partial charge is 0.496 e. The van der Waals surface area contributed by atoms with Gasteiger partial charge in [-0.05, 0) is 42.8 Å². The Morgan fingerprint density at radius 3 is 1.97 bits per heavy atom. The normalized spacial score (nSPS) is 18.9. The first kappa shape index (κ1) is 26.3. The second kappa shape index (κ2) is 9.43. The topological polar surface area (TPSA) is 66.9 Å². The summed E-state index contributed by atoms with van der Waals surface area (Å²) in [6, 6.07) is 7.20. The maximum Gasteiger partial charge on any atom is 0.264 e. The third-order valence-electron chi connectivity index (χ3n) is 6.42. The molecular weight excluding hydrogens is 633 g/mol. The summed E-state index contributed by atoms with van der Waals surface area (Å²) in [4.78, 5) is 42.9. The number of nitrogens with zero attached hydrogens (tertiary/aromatic N) is 2. The highest BCUT2D eigenvalue weighted by Crippen LogP contribution is 2.50. The summed E-state index contributed by atoms with van der Waals surface area (Å²) >= 11 is 28.2. The summed E-state index contributed by atoms with van der Waals surface area (Å²) in [6.07, 6.45) is 0. The van der Waals surface area contributed by atoms with E-state index in [4.69, 9.17) is 51.1 Å². The molecule has 2 aliphatic heterocycles. The molecule has 190 valence electrons. The summed E-state index contributed by atoms with van der Waals surface area (Å²) in [7, 11) is 1.45. The fourth-order valence-corrected chi connectivity index (χ4v) is 6.00. The van der Waals surface area contributed by atoms with Gasteiger partial charge in [-0.2, -0.15) is 0 Å². The first-order valence-electron chi connectivity index (χ1n) is 10.7. The number of imide groups is 1. The van der Waals surface area contributed by atoms with Crippen molar-refractivity contribution in [2.45, 2.75) is 19.0 Å². The van der Waals surface area contributed by atoms with Crippen molar-refractivity contribution < 1.29 is 23.5 Å². The van der Waals surface area contributed by atoms with E-state index in [9.17, 15) is 18.8 Å². The van der Waals surface area contributed by atoms with Gasteiger partial charge >= 0.3 is 0 Å². The molecule has 2 heterocycles. The molecule has 3 aromatic carbocycles. The number of fused-ring (bicyclic) bond motifs is 1. The van der Waals surface area contributed by atoms with Crippen molar-refractivity contribution in [3.63, 3.8) is 0 Å². The zero-order valence-corrected chi connectivity index (χ0v) is 23.5. The van der Waals surface area contributed by atoms with E-state index in [1.165, 1.54) is 24.1 Å². The molecule has 2 atom stereocenters. The van der Waals surface area contributed by atoms with E-state index in [1.807, 2.05) is 0 Å². The molecule has 2 aliphatic rings. The molecule has 6 nitrogen and oxygen atoms in total. The Morgan fingerprint density at radius 1 is 0.838 bits per heavy atom. The number of amides is 3. The van der Waals surface area contributed by atoms with E-state index in [2.05, 4.69) is 15.9 Å². The second-order valence-corrected chi connectivity index (χ2v) is 10.8. The maximum atomic E-state index is 14.5. The molecule has 0 N–H and O–H groups in total. The zero-order chi connectivity index (χ0) is 26.9. The molecule has 0 unspecified atom stereocenters. The number of benzene rings is 3. The Labute approximate surface area is 238 Å². The van der Waals surface area contributed by atoms with Crippen LogP contribution in [0.25, 0.3) is 0 Å². The first-order chi connectivity index (χ1) is 17.5. The molecule has 1 fully saturated rings. The maximum absolute atomic E-state index is 14.5. The highest BCUT2D eigenvalue weighted by Gasteiger charge is 2.59. The van der Waals surface area contributed by atoms with Crippen LogP contribution in [0, 0.1) is 12.7 Å². The van der Waals surface area contributed by atoms with Gasteiger partial charge in [0.1, 0.15) is 17.6 Å². The van der Waals surface area contributed by atoms with Crippen molar-refractivity contribution >= 4 is 85.7 Å². The average molecular weight is 647 g/mol. The van der Waals surface area contributed by atoms with E-state index in [-0.39, 0.29) is 36.9 Å². The third-order valence-corrected chi connectivity index (χ3v) is 8.72. The minimum absolute atomic E-state index is 0.183. The second-order valence-electron chi connectivity index (χ2n) is 8.40. The predicted molar refractivity (Wildman–Crippen MR) is 143 cm³/mol. The molecule has 0 aromatic heterocycles. The van der Waals surface area contributed by atoms with Gasteiger partial charge in [-0.25, -0.2) is 4.39 Å². The van der Waals surface area contributed by atoms with Crippen LogP contribution in [0.4, 0.5) is 10.1 Å². The van der Waals surface area contributed by atoms with E-state index < -0.39 is 35.6 Å². The van der Waals surface area contributed by atoms with Gasteiger partial charge in [-0.3, -0.25) is 19.3 Å². The molecule has 0 bridgehead atoms. The van der Waals surface area contributed by atoms with Crippen molar-refractivity contribution in [3.8, 4) is 5.75 Å². The lowest BCUT2D eigenvalue weighted by Gasteiger charge is -2.50. The first-order valence-corrected chi connectivity index (χ1v) is 13.0. The van der Waals surface area contributed by atoms with Crippen molar-refractivity contribution in [3.05, 3.63) is 89.0 Å². The molecule has 37 heavy (non-hydrogen) atoms. The number of hydrogen-bond donors (Lipinski definition) is 0. The van der Waals surface area contributed by atoms with Crippen LogP contribution in [-0.2, 0) is 4.79 Å². The number of β-lactam (4-membered cyclic amide) rings is 1. The monoisotopic (exact) mass is 644 g/mol. The number of anilines is 1. The van der Waals surface area contributed by atoms with Crippen LogP contribution in [0.3, 0.4) is 0 Å². The fourth-order valence-electron chi connectivity index (χ4n) is 4.61. The lowest BCUT2D eigenvalue weighted by molar-refractivity contribution is -0.130. The predicted octanol–water partition coefficient (Wildman–Crippen LogP) is 7.27. The number of ether oxygens (including phenoxy) is 1. The van der Waals surface area contributed by atoms with Crippen LogP contribution in [0.1, 0.15) is 37.9 Å². The number of hydrogen-bond acceptors (Lipinski definition) is 4. The van der Waals surface area contributed by atoms with Crippen molar-refractivity contribution in [1.82, 2.24) is 4.90 Å². The smallest absolute Gasteiger partial charge is 0.264 e. The Hall–Kier alpha value is -2.36. The standard InChI is InChI=1S/C25H14BrCl4FN2O4/c1-9-3-5-11(8-13(9)31)32-21(12-7-10(26)4-6-14(12)37-2)22(25(32)36)33-23(34)15-16(24(33)35)18(28)20(30)19(29)17(15)27/h3-8,21-22H,1-2H3/t21-,22-/m1/s1. The van der Waals surface area contributed by atoms with Crippen LogP contribution < -0.4 is 9.64 Å². The van der Waals surface area contributed by atoms with Gasteiger partial charge in [0, 0.05) is 15.7 Å². The van der Waals surface area contributed by atoms with Gasteiger partial charge in [0.05, 0.1) is 44.4 Å². The Morgan fingerprint density at radius 2 is 1.43 bits per heavy atom. The molecular formula is C25H14BrCl4FN2O4. The van der Waals surface area contributed by atoms with E-state index in [0.717, 1.165) is 4.90 Å². The van der Waals surface area contributed by atoms with E-state index >= 15 is 0 Å². The van der Waals surface area contributed by atoms with Gasteiger partial charge in [0.15, 0.2) is 0 Å². The minimum atomic E-state index is -1.32. The molecule has 3 aromatic rings. The lowest BCUT2D eigenvalue weighted by atomic mass is 9.85. The number of aryl methyl sites for hydroxylation is 1. The summed E-state index contributed by atoms with van der Waals surface area (Å²) in [5, 5.41) is -0.852. The number of carbonyl (C=O) groups excluding carboxylic acids is 3. The molecule has 0 radical (unpaired) electrons. The Balaban J connectivity index is 1.68. The Bertz CT molecular complexity index is 1500. The van der Waals surface area contributed by atoms with Crippen LogP contribution in [0.5, 0.6) is 5.75 Å². The van der Waals surface area contributed by atoms with Gasteiger partial charge in [0.25, 0.3) is 17.7 Å². The van der Waals surface area contributed by atoms with Crippen molar-refractivity contribution in [2.75, 3.05) is 12.0 Å². The molecule has 0 spiro atoms. The van der Waals surface area contributed by atoms with Crippen LogP contribution in [0.2, 0.25) is 20.1 Å². The highest BCUT2D eigenvalue weighted by molar-refractivity contribution is 9.10. The minimum Gasteiger partial charge on any atom is -0.496 e. The molecule has 3 amide bonds. The van der Waals surface area contributed by atoms with Crippen molar-refractivity contribution in [1.29, 1.82) is 0 Å².